The van der Waals surface area contributed by atoms with E-state index in [-0.39, 0.29) is 34.8 Å². The lowest BCUT2D eigenvalue weighted by Gasteiger charge is -2.44. The van der Waals surface area contributed by atoms with Gasteiger partial charge in [0.1, 0.15) is 4.88 Å². The zero-order chi connectivity index (χ0) is 22.6. The van der Waals surface area contributed by atoms with Crippen molar-refractivity contribution in [1.82, 2.24) is 0 Å². The second kappa shape index (κ2) is 10.2. The van der Waals surface area contributed by atoms with Crippen molar-refractivity contribution in [1.29, 1.82) is 0 Å². The van der Waals surface area contributed by atoms with Crippen molar-refractivity contribution >= 4 is 28.9 Å². The number of piperidine rings is 1. The maximum atomic E-state index is 13.6. The molecule has 170 valence electrons. The summed E-state index contributed by atoms with van der Waals surface area (Å²) in [5, 5.41) is 19.2. The topological polar surface area (TPSA) is 77.8 Å². The second-order valence-electron chi connectivity index (χ2n) is 9.94. The van der Waals surface area contributed by atoms with Crippen LogP contribution >= 0.6 is 11.3 Å². The molecule has 1 saturated carbocycles. The zero-order valence-electron chi connectivity index (χ0n) is 18.9. The highest BCUT2D eigenvalue weighted by atomic mass is 32.1. The number of thiophene rings is 1. The molecule has 1 aromatic heterocycles. The lowest BCUT2D eigenvalue weighted by atomic mass is 9.77. The summed E-state index contributed by atoms with van der Waals surface area (Å²) in [4.78, 5) is 28.4. The molecule has 1 amide bonds. The van der Waals surface area contributed by atoms with E-state index in [1.54, 1.807) is 0 Å². The Kier molecular flexibility index (Phi) is 7.82. The Hall–Kier alpha value is -1.84. The Labute approximate surface area is 189 Å². The zero-order valence-corrected chi connectivity index (χ0v) is 19.8. The minimum atomic E-state index is -1.00. The molecule has 0 radical (unpaired) electrons. The normalized spacial score (nSPS) is 22.8. The van der Waals surface area contributed by atoms with Gasteiger partial charge in [-0.3, -0.25) is 4.79 Å². The predicted molar refractivity (Wildman–Crippen MR) is 125 cm³/mol. The van der Waals surface area contributed by atoms with E-state index in [4.69, 9.17) is 0 Å². The molecule has 1 aromatic rings. The number of nitrogens with zero attached hydrogens (tertiary/aromatic N) is 1. The molecular weight excluding hydrogens is 410 g/mol. The van der Waals surface area contributed by atoms with Gasteiger partial charge in [-0.05, 0) is 71.3 Å². The monoisotopic (exact) mass is 445 g/mol. The van der Waals surface area contributed by atoms with E-state index in [0.29, 0.717) is 29.3 Å². The molecule has 2 atom stereocenters. The summed E-state index contributed by atoms with van der Waals surface area (Å²) in [5.74, 6) is 5.59. The Morgan fingerprint density at radius 1 is 1.19 bits per heavy atom. The van der Waals surface area contributed by atoms with Crippen LogP contribution in [0.15, 0.2) is 6.07 Å². The first-order chi connectivity index (χ1) is 14.7. The Morgan fingerprint density at radius 3 is 2.52 bits per heavy atom. The van der Waals surface area contributed by atoms with E-state index >= 15 is 0 Å². The summed E-state index contributed by atoms with van der Waals surface area (Å²) >= 11 is 1.16. The standard InChI is InChI=1S/C25H35NO4S/c1-25(2,3)14-13-19-16-21(22(31-19)24(29)30)26-20(17-8-5-4-6-9-17)12-11-18(23(26)28)10-7-15-27/h16-18,20,27H,4-12,15H2,1-3H3,(H,29,30)/t18?,20-/m0/s1. The molecule has 2 N–H and O–H groups in total. The number of hydrogen-bond donors (Lipinski definition) is 2. The Bertz CT molecular complexity index is 851. The van der Waals surface area contributed by atoms with Crippen LogP contribution in [0.4, 0.5) is 5.69 Å². The van der Waals surface area contributed by atoms with E-state index < -0.39 is 5.97 Å². The van der Waals surface area contributed by atoms with Crippen molar-refractivity contribution in [2.75, 3.05) is 11.5 Å². The van der Waals surface area contributed by atoms with Crippen LogP contribution in [0, 0.1) is 29.1 Å². The minimum absolute atomic E-state index is 0.0194. The third kappa shape index (κ3) is 5.90. The SMILES string of the molecule is CC(C)(C)C#Cc1cc(N2C(=O)C(CCCO)CC[C@H]2C2CCCCC2)c(C(=O)O)s1. The summed E-state index contributed by atoms with van der Waals surface area (Å²) in [6.07, 6.45) is 8.73. The lowest BCUT2D eigenvalue weighted by Crippen LogP contribution is -2.52. The molecular formula is C25H35NO4S. The number of carboxylic acid groups (broad SMARTS) is 1. The van der Waals surface area contributed by atoms with E-state index in [9.17, 15) is 19.8 Å². The van der Waals surface area contributed by atoms with E-state index in [1.807, 2.05) is 31.7 Å². The average Bonchev–Trinajstić information content (AvgIpc) is 3.15. The van der Waals surface area contributed by atoms with E-state index in [1.165, 1.54) is 19.3 Å². The van der Waals surface area contributed by atoms with Crippen LogP contribution < -0.4 is 4.90 Å². The molecule has 3 rings (SSSR count). The van der Waals surface area contributed by atoms with Crippen LogP contribution in [-0.4, -0.2) is 34.7 Å². The fraction of sp³-hybridized carbons (Fsp3) is 0.680. The summed E-state index contributed by atoms with van der Waals surface area (Å²) < 4.78 is 0. The molecule has 2 aliphatic rings. The number of aromatic carboxylic acids is 1. The van der Waals surface area contributed by atoms with Gasteiger partial charge in [0, 0.05) is 24.0 Å². The molecule has 31 heavy (non-hydrogen) atoms. The second-order valence-corrected chi connectivity index (χ2v) is 11.0. The van der Waals surface area contributed by atoms with Crippen molar-refractivity contribution in [2.24, 2.45) is 17.3 Å². The summed E-state index contributed by atoms with van der Waals surface area (Å²) in [7, 11) is 0. The van der Waals surface area contributed by atoms with Crippen LogP contribution in [0.2, 0.25) is 0 Å². The number of hydrogen-bond acceptors (Lipinski definition) is 4. The van der Waals surface area contributed by atoms with Crippen LogP contribution in [0.5, 0.6) is 0 Å². The van der Waals surface area contributed by atoms with Gasteiger partial charge in [-0.15, -0.1) is 11.3 Å². The van der Waals surface area contributed by atoms with Gasteiger partial charge in [0.15, 0.2) is 0 Å². The molecule has 5 nitrogen and oxygen atoms in total. The first-order valence-electron chi connectivity index (χ1n) is 11.6. The maximum Gasteiger partial charge on any atom is 0.348 e. The van der Waals surface area contributed by atoms with Crippen LogP contribution in [0.25, 0.3) is 0 Å². The number of carboxylic acids is 1. The van der Waals surface area contributed by atoms with Crippen LogP contribution in [-0.2, 0) is 4.79 Å². The number of rotatable bonds is 6. The van der Waals surface area contributed by atoms with Crippen molar-refractivity contribution in [2.45, 2.75) is 84.6 Å². The smallest absolute Gasteiger partial charge is 0.348 e. The molecule has 0 spiro atoms. The molecule has 2 fully saturated rings. The fourth-order valence-electron chi connectivity index (χ4n) is 4.88. The molecule has 2 heterocycles. The number of aliphatic hydroxyl groups excluding tert-OH is 1. The van der Waals surface area contributed by atoms with Crippen molar-refractivity contribution in [3.63, 3.8) is 0 Å². The first-order valence-corrected chi connectivity index (χ1v) is 12.4. The molecule has 6 heteroatoms. The van der Waals surface area contributed by atoms with Gasteiger partial charge >= 0.3 is 5.97 Å². The highest BCUT2D eigenvalue weighted by Crippen LogP contribution is 2.42. The van der Waals surface area contributed by atoms with Gasteiger partial charge in [-0.1, -0.05) is 31.1 Å². The Morgan fingerprint density at radius 2 is 1.90 bits per heavy atom. The summed E-state index contributed by atoms with van der Waals surface area (Å²) in [6.45, 7) is 6.13. The largest absolute Gasteiger partial charge is 0.477 e. The highest BCUT2D eigenvalue weighted by Gasteiger charge is 2.41. The maximum absolute atomic E-state index is 13.6. The minimum Gasteiger partial charge on any atom is -0.477 e. The molecule has 1 aliphatic carbocycles. The van der Waals surface area contributed by atoms with Crippen LogP contribution in [0.1, 0.15) is 93.1 Å². The van der Waals surface area contributed by atoms with Gasteiger partial charge in [-0.25, -0.2) is 4.79 Å². The number of carbonyl (C=O) groups excluding carboxylic acids is 1. The summed E-state index contributed by atoms with van der Waals surface area (Å²) in [5.41, 5.74) is 0.332. The molecule has 1 unspecified atom stereocenters. The molecule has 1 saturated heterocycles. The van der Waals surface area contributed by atoms with Crippen molar-refractivity contribution in [3.05, 3.63) is 15.8 Å². The first kappa shape index (κ1) is 23.8. The third-order valence-corrected chi connectivity index (χ3v) is 7.39. The molecule has 0 aromatic carbocycles. The van der Waals surface area contributed by atoms with Gasteiger partial charge in [0.05, 0.1) is 10.6 Å². The lowest BCUT2D eigenvalue weighted by molar-refractivity contribution is -0.125. The highest BCUT2D eigenvalue weighted by molar-refractivity contribution is 7.15. The van der Waals surface area contributed by atoms with Crippen molar-refractivity contribution in [3.8, 4) is 11.8 Å². The van der Waals surface area contributed by atoms with Gasteiger partial charge in [0.25, 0.3) is 0 Å². The summed E-state index contributed by atoms with van der Waals surface area (Å²) in [6, 6.07) is 1.86. The number of aliphatic hydroxyl groups is 1. The fourth-order valence-corrected chi connectivity index (χ4v) is 5.72. The molecule has 1 aliphatic heterocycles. The van der Waals surface area contributed by atoms with E-state index in [0.717, 1.165) is 37.0 Å². The Balaban J connectivity index is 2.01. The number of amides is 1. The van der Waals surface area contributed by atoms with Crippen LogP contribution in [0.3, 0.4) is 0 Å². The third-order valence-electron chi connectivity index (χ3n) is 6.36. The van der Waals surface area contributed by atoms with Gasteiger partial charge in [0.2, 0.25) is 5.91 Å². The quantitative estimate of drug-likeness (QED) is 0.582. The van der Waals surface area contributed by atoms with Gasteiger partial charge in [-0.2, -0.15) is 0 Å². The number of anilines is 1. The molecule has 0 bridgehead atoms. The van der Waals surface area contributed by atoms with E-state index in [2.05, 4.69) is 11.8 Å². The number of carbonyl (C=O) groups is 2. The van der Waals surface area contributed by atoms with Crippen molar-refractivity contribution < 1.29 is 19.8 Å². The average molecular weight is 446 g/mol. The predicted octanol–water partition coefficient (Wildman–Crippen LogP) is 5.31. The van der Waals surface area contributed by atoms with Gasteiger partial charge < -0.3 is 15.1 Å².